The maximum atomic E-state index is 11.6. The molecule has 0 unspecified atom stereocenters. The molecule has 3 aromatic rings. The second-order valence-corrected chi connectivity index (χ2v) is 7.64. The largest absolute Gasteiger partial charge is 0.296 e. The van der Waals surface area contributed by atoms with Gasteiger partial charge in [0.05, 0.1) is 0 Å². The Morgan fingerprint density at radius 3 is 2.64 bits per heavy atom. The van der Waals surface area contributed by atoms with E-state index >= 15 is 0 Å². The van der Waals surface area contributed by atoms with Gasteiger partial charge in [-0.25, -0.2) is 4.98 Å². The van der Waals surface area contributed by atoms with E-state index in [0.29, 0.717) is 16.4 Å². The van der Waals surface area contributed by atoms with Crippen LogP contribution in [0.5, 0.6) is 0 Å². The van der Waals surface area contributed by atoms with Crippen LogP contribution >= 0.6 is 22.9 Å². The summed E-state index contributed by atoms with van der Waals surface area (Å²) in [7, 11) is 0. The molecule has 1 aromatic carbocycles. The molecule has 0 spiro atoms. The van der Waals surface area contributed by atoms with E-state index in [1.165, 1.54) is 11.3 Å². The molecule has 2 heterocycles. The van der Waals surface area contributed by atoms with E-state index in [1.807, 2.05) is 25.1 Å². The molecule has 0 aliphatic rings. The van der Waals surface area contributed by atoms with Crippen LogP contribution in [0.15, 0.2) is 18.2 Å². The number of aryl methyl sites for hydroxylation is 1. The molecule has 0 aliphatic carbocycles. The quantitative estimate of drug-likeness (QED) is 0.647. The molecule has 4 nitrogen and oxygen atoms in total. The van der Waals surface area contributed by atoms with Gasteiger partial charge in [0.15, 0.2) is 6.29 Å². The summed E-state index contributed by atoms with van der Waals surface area (Å²) in [6, 6.07) is 5.63. The Balaban J connectivity index is 2.20. The number of rotatable bonds is 2. The van der Waals surface area contributed by atoms with Gasteiger partial charge in [0, 0.05) is 16.0 Å². The minimum Gasteiger partial charge on any atom is -0.296 e. The number of carbonyl (C=O) groups excluding carboxylic acids is 1. The van der Waals surface area contributed by atoms with Crippen molar-refractivity contribution in [1.82, 2.24) is 14.6 Å². The molecule has 114 valence electrons. The van der Waals surface area contributed by atoms with Gasteiger partial charge in [0.2, 0.25) is 4.96 Å². The first-order chi connectivity index (χ1) is 10.3. The smallest absolute Gasteiger partial charge is 0.213 e. The molecule has 3 rings (SSSR count). The zero-order valence-electron chi connectivity index (χ0n) is 12.8. The molecule has 0 radical (unpaired) electrons. The van der Waals surface area contributed by atoms with Crippen LogP contribution < -0.4 is 0 Å². The number of aromatic nitrogens is 3. The SMILES string of the molecule is Cc1cc(-c2nc3sc(C(C)(C)C)nn3c2C=O)ccc1Cl. The van der Waals surface area contributed by atoms with Crippen molar-refractivity contribution < 1.29 is 4.79 Å². The fourth-order valence-electron chi connectivity index (χ4n) is 2.18. The number of carbonyl (C=O) groups is 1. The molecule has 0 amide bonds. The maximum absolute atomic E-state index is 11.6. The van der Waals surface area contributed by atoms with E-state index in [-0.39, 0.29) is 5.41 Å². The fraction of sp³-hybridized carbons (Fsp3) is 0.312. The van der Waals surface area contributed by atoms with Crippen LogP contribution in [0.4, 0.5) is 0 Å². The van der Waals surface area contributed by atoms with E-state index in [0.717, 1.165) is 27.4 Å². The first kappa shape index (κ1) is 15.2. The summed E-state index contributed by atoms with van der Waals surface area (Å²) < 4.78 is 1.64. The number of halogens is 1. The molecule has 6 heteroatoms. The molecule has 0 atom stereocenters. The Morgan fingerprint density at radius 1 is 1.32 bits per heavy atom. The second kappa shape index (κ2) is 5.18. The minimum absolute atomic E-state index is 0.0669. The van der Waals surface area contributed by atoms with Gasteiger partial charge in [-0.1, -0.05) is 49.8 Å². The maximum Gasteiger partial charge on any atom is 0.213 e. The number of imidazole rings is 1. The highest BCUT2D eigenvalue weighted by Gasteiger charge is 2.23. The Hall–Kier alpha value is -1.72. The van der Waals surface area contributed by atoms with Crippen molar-refractivity contribution in [2.24, 2.45) is 0 Å². The van der Waals surface area contributed by atoms with Gasteiger partial charge in [-0.15, -0.1) is 0 Å². The molecular weight excluding hydrogens is 318 g/mol. The van der Waals surface area contributed by atoms with Crippen molar-refractivity contribution >= 4 is 34.2 Å². The van der Waals surface area contributed by atoms with Crippen LogP contribution in [-0.2, 0) is 5.41 Å². The van der Waals surface area contributed by atoms with Crippen LogP contribution in [0.2, 0.25) is 5.02 Å². The Bertz CT molecular complexity index is 874. The van der Waals surface area contributed by atoms with Crippen LogP contribution in [-0.4, -0.2) is 20.9 Å². The summed E-state index contributed by atoms with van der Waals surface area (Å²) in [5, 5.41) is 6.21. The lowest BCUT2D eigenvalue weighted by Crippen LogP contribution is -2.11. The van der Waals surface area contributed by atoms with E-state index in [1.54, 1.807) is 4.52 Å². The van der Waals surface area contributed by atoms with Gasteiger partial charge in [0.25, 0.3) is 0 Å². The molecule has 22 heavy (non-hydrogen) atoms. The number of hydrogen-bond acceptors (Lipinski definition) is 4. The number of aldehydes is 1. The highest BCUT2D eigenvalue weighted by Crippen LogP contribution is 2.32. The van der Waals surface area contributed by atoms with Crippen molar-refractivity contribution in [1.29, 1.82) is 0 Å². The van der Waals surface area contributed by atoms with E-state index in [9.17, 15) is 4.79 Å². The third-order valence-electron chi connectivity index (χ3n) is 3.42. The van der Waals surface area contributed by atoms with Crippen LogP contribution in [0.3, 0.4) is 0 Å². The molecule has 0 aliphatic heterocycles. The third-order valence-corrected chi connectivity index (χ3v) is 5.18. The molecule has 0 bridgehead atoms. The first-order valence-electron chi connectivity index (χ1n) is 6.93. The fourth-order valence-corrected chi connectivity index (χ4v) is 3.26. The number of nitrogens with zero attached hydrogens (tertiary/aromatic N) is 3. The van der Waals surface area contributed by atoms with Crippen LogP contribution in [0.25, 0.3) is 16.2 Å². The lowest BCUT2D eigenvalue weighted by Gasteiger charge is -2.12. The standard InChI is InChI=1S/C16H16ClN3OS/c1-9-7-10(5-6-11(9)17)13-12(8-21)20-15(18-13)22-14(19-20)16(2,3)4/h5-8H,1-4H3. The number of benzene rings is 1. The normalized spacial score (nSPS) is 12.0. The van der Waals surface area contributed by atoms with Crippen LogP contribution in [0.1, 0.15) is 41.8 Å². The second-order valence-electron chi connectivity index (χ2n) is 6.28. The lowest BCUT2D eigenvalue weighted by atomic mass is 9.98. The van der Waals surface area contributed by atoms with Gasteiger partial charge < -0.3 is 0 Å². The van der Waals surface area contributed by atoms with Crippen molar-refractivity contribution in [3.05, 3.63) is 39.5 Å². The number of hydrogen-bond donors (Lipinski definition) is 0. The zero-order valence-corrected chi connectivity index (χ0v) is 14.4. The highest BCUT2D eigenvalue weighted by molar-refractivity contribution is 7.16. The molecular formula is C16H16ClN3OS. The average molecular weight is 334 g/mol. The van der Waals surface area contributed by atoms with Gasteiger partial charge >= 0.3 is 0 Å². The van der Waals surface area contributed by atoms with Crippen molar-refractivity contribution in [3.63, 3.8) is 0 Å². The van der Waals surface area contributed by atoms with Crippen LogP contribution in [0, 0.1) is 6.92 Å². The Kier molecular flexibility index (Phi) is 3.57. The third kappa shape index (κ3) is 2.44. The van der Waals surface area contributed by atoms with Crippen molar-refractivity contribution in [3.8, 4) is 11.3 Å². The predicted octanol–water partition coefficient (Wildman–Crippen LogP) is 4.53. The van der Waals surface area contributed by atoms with Gasteiger partial charge in [0.1, 0.15) is 16.4 Å². The predicted molar refractivity (Wildman–Crippen MR) is 90.1 cm³/mol. The van der Waals surface area contributed by atoms with E-state index < -0.39 is 0 Å². The first-order valence-corrected chi connectivity index (χ1v) is 8.12. The summed E-state index contributed by atoms with van der Waals surface area (Å²) in [6.45, 7) is 8.21. The van der Waals surface area contributed by atoms with E-state index in [4.69, 9.17) is 11.6 Å². The summed E-state index contributed by atoms with van der Waals surface area (Å²) in [5.41, 5.74) is 2.88. The van der Waals surface area contributed by atoms with Gasteiger partial charge in [-0.3, -0.25) is 4.79 Å². The lowest BCUT2D eigenvalue weighted by molar-refractivity contribution is 0.111. The number of fused-ring (bicyclic) bond motifs is 1. The molecule has 0 saturated heterocycles. The van der Waals surface area contributed by atoms with E-state index in [2.05, 4.69) is 30.9 Å². The van der Waals surface area contributed by atoms with Gasteiger partial charge in [-0.05, 0) is 24.6 Å². The molecule has 2 aromatic heterocycles. The minimum atomic E-state index is -0.0669. The van der Waals surface area contributed by atoms with Crippen molar-refractivity contribution in [2.75, 3.05) is 0 Å². The monoisotopic (exact) mass is 333 g/mol. The molecule has 0 N–H and O–H groups in total. The summed E-state index contributed by atoms with van der Waals surface area (Å²) in [4.78, 5) is 16.9. The van der Waals surface area contributed by atoms with Gasteiger partial charge in [-0.2, -0.15) is 9.61 Å². The van der Waals surface area contributed by atoms with Crippen molar-refractivity contribution in [2.45, 2.75) is 33.1 Å². The molecule has 0 fully saturated rings. The topological polar surface area (TPSA) is 47.3 Å². The Morgan fingerprint density at radius 2 is 2.05 bits per heavy atom. The highest BCUT2D eigenvalue weighted by atomic mass is 35.5. The molecule has 0 saturated carbocycles. The summed E-state index contributed by atoms with van der Waals surface area (Å²) in [6.07, 6.45) is 0.811. The summed E-state index contributed by atoms with van der Waals surface area (Å²) >= 11 is 7.58. The zero-order chi connectivity index (χ0) is 16.1. The average Bonchev–Trinajstić information content (AvgIpc) is 2.98. The summed E-state index contributed by atoms with van der Waals surface area (Å²) in [5.74, 6) is 0. The Labute approximate surface area is 137 Å².